The van der Waals surface area contributed by atoms with E-state index in [1.807, 2.05) is 126 Å². The number of hydrogen-bond acceptors (Lipinski definition) is 10. The van der Waals surface area contributed by atoms with Gasteiger partial charge in [0, 0.05) is 0 Å². The molecular formula is C39H48O10. The Bertz CT molecular complexity index is 1470. The van der Waals surface area contributed by atoms with Gasteiger partial charge in [0.1, 0.15) is 42.7 Å². The molecule has 0 radical (unpaired) electrons. The van der Waals surface area contributed by atoms with Gasteiger partial charge in [0.05, 0.1) is 32.5 Å². The van der Waals surface area contributed by atoms with Crippen molar-refractivity contribution >= 4 is 0 Å². The largest absolute Gasteiger partial charge is 0.368 e. The lowest BCUT2D eigenvalue weighted by atomic mass is 9.98. The van der Waals surface area contributed by atoms with E-state index >= 15 is 0 Å². The number of hydrogen-bond donors (Lipinski definition) is 0. The minimum Gasteiger partial charge on any atom is -0.368 e. The molecule has 0 unspecified atom stereocenters. The van der Waals surface area contributed by atoms with E-state index in [9.17, 15) is 0 Å². The molecule has 0 saturated carbocycles. The highest BCUT2D eigenvalue weighted by atomic mass is 16.9. The van der Waals surface area contributed by atoms with E-state index in [1.165, 1.54) is 0 Å². The molecule has 4 saturated heterocycles. The molecule has 264 valence electrons. The van der Waals surface area contributed by atoms with Crippen LogP contribution >= 0.6 is 0 Å². The molecule has 4 aliphatic heterocycles. The van der Waals surface area contributed by atoms with Crippen molar-refractivity contribution in [3.63, 3.8) is 0 Å². The molecule has 0 amide bonds. The van der Waals surface area contributed by atoms with Crippen LogP contribution in [0.15, 0.2) is 91.0 Å². The predicted molar refractivity (Wildman–Crippen MR) is 178 cm³/mol. The lowest BCUT2D eigenvalue weighted by Crippen LogP contribution is -2.61. The van der Waals surface area contributed by atoms with E-state index in [1.54, 1.807) is 0 Å². The topological polar surface area (TPSA) is 92.3 Å². The fraction of sp³-hybridized carbons (Fsp3) is 0.538. The van der Waals surface area contributed by atoms with Crippen LogP contribution < -0.4 is 0 Å². The summed E-state index contributed by atoms with van der Waals surface area (Å²) in [7, 11) is 0. The molecule has 3 aromatic rings. The molecule has 4 aliphatic rings. The number of fused-ring (bicyclic) bond motifs is 1. The second-order valence-electron chi connectivity index (χ2n) is 14.0. The van der Waals surface area contributed by atoms with Crippen molar-refractivity contribution in [3.8, 4) is 0 Å². The van der Waals surface area contributed by atoms with Crippen LogP contribution in [0.25, 0.3) is 0 Å². The highest BCUT2D eigenvalue weighted by molar-refractivity contribution is 5.16. The average Bonchev–Trinajstić information content (AvgIpc) is 3.72. The van der Waals surface area contributed by atoms with E-state index in [-0.39, 0.29) is 0 Å². The molecule has 0 aliphatic carbocycles. The molecule has 0 aromatic heterocycles. The Balaban J connectivity index is 1.19. The van der Waals surface area contributed by atoms with Crippen molar-refractivity contribution in [2.75, 3.05) is 6.61 Å². The zero-order valence-electron chi connectivity index (χ0n) is 28.8. The molecule has 0 bridgehead atoms. The molecule has 0 N–H and O–H groups in total. The molecule has 10 atom stereocenters. The molecule has 7 rings (SSSR count). The van der Waals surface area contributed by atoms with Gasteiger partial charge in [-0.3, -0.25) is 0 Å². The van der Waals surface area contributed by atoms with Crippen LogP contribution in [0, 0.1) is 0 Å². The first-order valence-corrected chi connectivity index (χ1v) is 17.2. The van der Waals surface area contributed by atoms with E-state index in [2.05, 4.69) is 0 Å². The van der Waals surface area contributed by atoms with Crippen LogP contribution in [-0.4, -0.2) is 79.6 Å². The van der Waals surface area contributed by atoms with Gasteiger partial charge in [-0.2, -0.15) is 0 Å². The zero-order valence-corrected chi connectivity index (χ0v) is 28.8. The highest BCUT2D eigenvalue weighted by Crippen LogP contribution is 2.43. The summed E-state index contributed by atoms with van der Waals surface area (Å²) < 4.78 is 65.0. The third kappa shape index (κ3) is 8.26. The minimum atomic E-state index is -0.867. The van der Waals surface area contributed by atoms with E-state index < -0.39 is 73.0 Å². The van der Waals surface area contributed by atoms with Crippen LogP contribution in [0.1, 0.15) is 51.3 Å². The summed E-state index contributed by atoms with van der Waals surface area (Å²) in [6.07, 6.45) is -5.73. The summed E-state index contributed by atoms with van der Waals surface area (Å²) >= 11 is 0. The van der Waals surface area contributed by atoms with Gasteiger partial charge in [-0.05, 0) is 51.3 Å². The first-order valence-electron chi connectivity index (χ1n) is 17.2. The van der Waals surface area contributed by atoms with Crippen molar-refractivity contribution < 1.29 is 47.4 Å². The van der Waals surface area contributed by atoms with Crippen molar-refractivity contribution in [2.45, 2.75) is 127 Å². The van der Waals surface area contributed by atoms with E-state index in [0.717, 1.165) is 16.7 Å². The Morgan fingerprint density at radius 1 is 0.571 bits per heavy atom. The molecule has 4 fully saturated rings. The Labute approximate surface area is 288 Å². The summed E-state index contributed by atoms with van der Waals surface area (Å²) in [5.41, 5.74) is 3.10. The summed E-state index contributed by atoms with van der Waals surface area (Å²) in [5, 5.41) is 0. The standard InChI is InChI=1S/C39H48O10/c1-25-30(40-21-26-15-9-6-10-16-26)32(41-22-27-17-11-7-12-18-27)34(42-23-28-19-13-8-14-20-28)36(44-25)46-33-31(29-24-43-38(2,3)47-29)45-37-35(33)48-39(4,5)49-37/h6-20,25,29-37H,21-24H2,1-5H3/t25-,29+,30+,31+,32+,33-,34-,35+,36-,37+/m0/s1. The van der Waals surface area contributed by atoms with Gasteiger partial charge in [0.15, 0.2) is 24.2 Å². The quantitative estimate of drug-likeness (QED) is 0.231. The Morgan fingerprint density at radius 2 is 1.10 bits per heavy atom. The van der Waals surface area contributed by atoms with Crippen LogP contribution in [0.5, 0.6) is 0 Å². The van der Waals surface area contributed by atoms with Crippen molar-refractivity contribution in [1.82, 2.24) is 0 Å². The van der Waals surface area contributed by atoms with Gasteiger partial charge in [-0.25, -0.2) is 0 Å². The molecule has 0 spiro atoms. The fourth-order valence-electron chi connectivity index (χ4n) is 6.97. The Kier molecular flexibility index (Phi) is 10.5. The van der Waals surface area contributed by atoms with Gasteiger partial charge in [0.2, 0.25) is 0 Å². The van der Waals surface area contributed by atoms with Crippen molar-refractivity contribution in [3.05, 3.63) is 108 Å². The van der Waals surface area contributed by atoms with Crippen molar-refractivity contribution in [2.24, 2.45) is 0 Å². The van der Waals surface area contributed by atoms with Gasteiger partial charge >= 0.3 is 0 Å². The number of benzene rings is 3. The molecule has 3 aromatic carbocycles. The highest BCUT2D eigenvalue weighted by Gasteiger charge is 2.61. The van der Waals surface area contributed by atoms with Gasteiger partial charge in [-0.15, -0.1) is 0 Å². The predicted octanol–water partition coefficient (Wildman–Crippen LogP) is 5.90. The smallest absolute Gasteiger partial charge is 0.190 e. The summed E-state index contributed by atoms with van der Waals surface area (Å²) in [4.78, 5) is 0. The van der Waals surface area contributed by atoms with Crippen LogP contribution in [0.3, 0.4) is 0 Å². The zero-order chi connectivity index (χ0) is 34.0. The number of ether oxygens (including phenoxy) is 10. The maximum Gasteiger partial charge on any atom is 0.190 e. The maximum atomic E-state index is 6.97. The molecular weight excluding hydrogens is 628 g/mol. The van der Waals surface area contributed by atoms with Crippen LogP contribution in [0.2, 0.25) is 0 Å². The summed E-state index contributed by atoms with van der Waals surface area (Å²) in [5.74, 6) is -1.61. The third-order valence-electron chi connectivity index (χ3n) is 9.30. The fourth-order valence-corrected chi connectivity index (χ4v) is 6.97. The normalized spacial score (nSPS) is 35.0. The minimum absolute atomic E-state index is 0.316. The lowest BCUT2D eigenvalue weighted by Gasteiger charge is -2.46. The first-order chi connectivity index (χ1) is 23.6. The summed E-state index contributed by atoms with van der Waals surface area (Å²) in [6.45, 7) is 10.9. The number of rotatable bonds is 12. The van der Waals surface area contributed by atoms with E-state index in [4.69, 9.17) is 47.4 Å². The first kappa shape index (κ1) is 34.7. The molecule has 10 heteroatoms. The maximum absolute atomic E-state index is 6.97. The third-order valence-corrected chi connectivity index (χ3v) is 9.30. The van der Waals surface area contributed by atoms with Gasteiger partial charge < -0.3 is 47.4 Å². The average molecular weight is 677 g/mol. The monoisotopic (exact) mass is 676 g/mol. The molecule has 10 nitrogen and oxygen atoms in total. The molecule has 49 heavy (non-hydrogen) atoms. The SMILES string of the molecule is C[C@@H]1O[C@@H](O[C@@H]2[C@H]3OC(C)(C)O[C@H]3O[C@@H]2[C@H]2COC(C)(C)O2)[C@@H](OCc2ccccc2)[C@H](OCc2ccccc2)[C@@H]1OCc1ccccc1. The summed E-state index contributed by atoms with van der Waals surface area (Å²) in [6, 6.07) is 30.2. The molecule has 4 heterocycles. The van der Waals surface area contributed by atoms with E-state index in [0.29, 0.717) is 26.4 Å². The second kappa shape index (κ2) is 14.9. The van der Waals surface area contributed by atoms with Gasteiger partial charge in [0.25, 0.3) is 0 Å². The Hall–Kier alpha value is -2.74. The van der Waals surface area contributed by atoms with Gasteiger partial charge in [-0.1, -0.05) is 91.0 Å². The van der Waals surface area contributed by atoms with Crippen LogP contribution in [0.4, 0.5) is 0 Å². The van der Waals surface area contributed by atoms with Crippen molar-refractivity contribution in [1.29, 1.82) is 0 Å². The second-order valence-corrected chi connectivity index (χ2v) is 14.0. The van der Waals surface area contributed by atoms with Crippen LogP contribution in [-0.2, 0) is 67.2 Å². The Morgan fingerprint density at radius 3 is 1.63 bits per heavy atom. The lowest BCUT2D eigenvalue weighted by molar-refractivity contribution is -0.339.